The van der Waals surface area contributed by atoms with E-state index < -0.39 is 13.4 Å². The number of hydrogen-bond acceptors (Lipinski definition) is 1. The molecule has 1 nitrogen and oxygen atoms in total. The van der Waals surface area contributed by atoms with E-state index in [1.165, 1.54) is 0 Å². The first kappa shape index (κ1) is 10.3. The number of fused-ring (bicyclic) bond motifs is 4. The largest absolute Gasteiger partial charge is 0.492 e. The minimum absolute atomic E-state index is 0.534. The second-order valence-corrected chi connectivity index (χ2v) is 4.82. The van der Waals surface area contributed by atoms with Crippen LogP contribution in [0.3, 0.4) is 0 Å². The van der Waals surface area contributed by atoms with Gasteiger partial charge in [-0.05, 0) is 57.1 Å². The van der Waals surface area contributed by atoms with Gasteiger partial charge in [-0.2, -0.15) is 0 Å². The van der Waals surface area contributed by atoms with Gasteiger partial charge in [0.05, 0.1) is 0 Å². The Morgan fingerprint density at radius 2 is 1.36 bits per heavy atom. The smallest absolute Gasteiger partial charge is 0.448 e. The van der Waals surface area contributed by atoms with Crippen LogP contribution in [0.5, 0.6) is 0 Å². The van der Waals surface area contributed by atoms with E-state index in [0.717, 1.165) is 25.7 Å². The molecule has 0 atom stereocenters. The van der Waals surface area contributed by atoms with Crippen LogP contribution in [0.2, 0.25) is 0 Å². The fourth-order valence-corrected chi connectivity index (χ4v) is 2.84. The summed E-state index contributed by atoms with van der Waals surface area (Å²) in [6.07, 6.45) is 3.93. The van der Waals surface area contributed by atoms with Crippen molar-refractivity contribution < 1.29 is 12.9 Å². The molecule has 1 aliphatic carbocycles. The normalized spacial score (nSPS) is 34.5. The Morgan fingerprint density at radius 3 is 1.71 bits per heavy atom. The molecule has 5 heteroatoms. The van der Waals surface area contributed by atoms with E-state index in [1.807, 2.05) is 0 Å². The summed E-state index contributed by atoms with van der Waals surface area (Å²) < 4.78 is 36.8. The molecule has 0 amide bonds. The second kappa shape index (κ2) is 3.76. The van der Waals surface area contributed by atoms with Gasteiger partial charge in [0.1, 0.15) is 0 Å². The lowest BCUT2D eigenvalue weighted by molar-refractivity contribution is 0.259. The first-order chi connectivity index (χ1) is 6.53. The standard InChI is InChI=1S/C9H16BF3N/c11-10(12,13)7-14-5-8-1-2-9(6-14)4-3-8/h8-9H,1-7H2/q-1. The zero-order chi connectivity index (χ0) is 10.2. The molecule has 2 aliphatic heterocycles. The summed E-state index contributed by atoms with van der Waals surface area (Å²) >= 11 is 0. The molecule has 0 aromatic heterocycles. The molecule has 0 unspecified atom stereocenters. The van der Waals surface area contributed by atoms with Crippen LogP contribution in [0.25, 0.3) is 0 Å². The van der Waals surface area contributed by atoms with E-state index in [9.17, 15) is 12.9 Å². The van der Waals surface area contributed by atoms with Crippen LogP contribution < -0.4 is 0 Å². The van der Waals surface area contributed by atoms with E-state index in [1.54, 1.807) is 4.90 Å². The number of rotatable bonds is 2. The molecular weight excluding hydrogens is 190 g/mol. The average molecular weight is 206 g/mol. The first-order valence-electron chi connectivity index (χ1n) is 5.46. The Morgan fingerprint density at radius 1 is 0.929 bits per heavy atom. The summed E-state index contributed by atoms with van der Waals surface area (Å²) in [5, 5.41) is 0. The second-order valence-electron chi connectivity index (χ2n) is 4.82. The summed E-state index contributed by atoms with van der Waals surface area (Å²) in [6, 6.07) is 0. The van der Waals surface area contributed by atoms with Crippen LogP contribution in [0.4, 0.5) is 12.9 Å². The molecule has 2 heterocycles. The van der Waals surface area contributed by atoms with Crippen molar-refractivity contribution in [2.24, 2.45) is 11.8 Å². The molecule has 3 aliphatic rings. The van der Waals surface area contributed by atoms with Gasteiger partial charge in [0, 0.05) is 0 Å². The van der Waals surface area contributed by atoms with Gasteiger partial charge in [0.2, 0.25) is 0 Å². The van der Waals surface area contributed by atoms with Crippen molar-refractivity contribution in [2.45, 2.75) is 25.7 Å². The van der Waals surface area contributed by atoms with Crippen molar-refractivity contribution in [3.8, 4) is 0 Å². The third-order valence-electron chi connectivity index (χ3n) is 3.46. The summed E-state index contributed by atoms with van der Waals surface area (Å²) in [5.41, 5.74) is 0. The predicted molar refractivity (Wildman–Crippen MR) is 51.0 cm³/mol. The maximum atomic E-state index is 12.3. The monoisotopic (exact) mass is 206 g/mol. The molecule has 2 saturated heterocycles. The van der Waals surface area contributed by atoms with Crippen molar-refractivity contribution in [3.05, 3.63) is 0 Å². The third kappa shape index (κ3) is 2.65. The Labute approximate surface area is 82.7 Å². The lowest BCUT2D eigenvalue weighted by Gasteiger charge is -2.27. The minimum atomic E-state index is -4.63. The molecule has 2 bridgehead atoms. The highest BCUT2D eigenvalue weighted by molar-refractivity contribution is 6.58. The van der Waals surface area contributed by atoms with Crippen molar-refractivity contribution in [1.29, 1.82) is 0 Å². The van der Waals surface area contributed by atoms with Gasteiger partial charge in [0.25, 0.3) is 0 Å². The van der Waals surface area contributed by atoms with Crippen molar-refractivity contribution in [2.75, 3.05) is 19.5 Å². The van der Waals surface area contributed by atoms with Crippen LogP contribution in [0.1, 0.15) is 25.7 Å². The van der Waals surface area contributed by atoms with Crippen molar-refractivity contribution in [1.82, 2.24) is 4.90 Å². The molecule has 0 radical (unpaired) electrons. The molecule has 1 saturated carbocycles. The summed E-state index contributed by atoms with van der Waals surface area (Å²) in [4.78, 5) is 1.63. The molecule has 0 N–H and O–H groups in total. The maximum absolute atomic E-state index is 12.3. The van der Waals surface area contributed by atoms with Gasteiger partial charge < -0.3 is 17.8 Å². The Hall–Kier alpha value is -0.185. The molecule has 3 rings (SSSR count). The summed E-state index contributed by atoms with van der Waals surface area (Å²) in [7, 11) is 0. The van der Waals surface area contributed by atoms with Crippen LogP contribution in [0.15, 0.2) is 0 Å². The third-order valence-corrected chi connectivity index (χ3v) is 3.46. The number of nitrogens with zero attached hydrogens (tertiary/aromatic N) is 1. The molecular formula is C9H16BF3N-. The van der Waals surface area contributed by atoms with E-state index in [2.05, 4.69) is 0 Å². The molecule has 82 valence electrons. The Balaban J connectivity index is 1.94. The fourth-order valence-electron chi connectivity index (χ4n) is 2.84. The molecule has 14 heavy (non-hydrogen) atoms. The van der Waals surface area contributed by atoms with Crippen LogP contribution in [-0.4, -0.2) is 31.4 Å². The van der Waals surface area contributed by atoms with E-state index >= 15 is 0 Å². The molecule has 0 aromatic rings. The SMILES string of the molecule is F[B-](F)(F)CN1CC2CCC(CC2)C1. The summed E-state index contributed by atoms with van der Waals surface area (Å²) in [5.74, 6) is 1.07. The Kier molecular flexibility index (Phi) is 2.78. The van der Waals surface area contributed by atoms with Crippen molar-refractivity contribution in [3.63, 3.8) is 0 Å². The van der Waals surface area contributed by atoms with Gasteiger partial charge in [-0.1, -0.05) is 0 Å². The van der Waals surface area contributed by atoms with E-state index in [4.69, 9.17) is 0 Å². The summed E-state index contributed by atoms with van der Waals surface area (Å²) in [6.45, 7) is -3.27. The van der Waals surface area contributed by atoms with Crippen LogP contribution in [-0.2, 0) is 0 Å². The zero-order valence-corrected chi connectivity index (χ0v) is 8.26. The highest BCUT2D eigenvalue weighted by atomic mass is 19.4. The zero-order valence-electron chi connectivity index (χ0n) is 8.26. The van der Waals surface area contributed by atoms with Crippen LogP contribution >= 0.6 is 0 Å². The molecule has 3 fully saturated rings. The highest BCUT2D eigenvalue weighted by Gasteiger charge is 2.33. The lowest BCUT2D eigenvalue weighted by atomic mass is 9.84. The average Bonchev–Trinajstić information content (AvgIpc) is 2.31. The highest BCUT2D eigenvalue weighted by Crippen LogP contribution is 2.34. The molecule has 0 spiro atoms. The van der Waals surface area contributed by atoms with Gasteiger partial charge in [-0.25, -0.2) is 0 Å². The first-order valence-corrected chi connectivity index (χ1v) is 5.46. The predicted octanol–water partition coefficient (Wildman–Crippen LogP) is 2.50. The Bertz CT molecular complexity index is 185. The van der Waals surface area contributed by atoms with Gasteiger partial charge in [-0.3, -0.25) is 0 Å². The van der Waals surface area contributed by atoms with E-state index in [-0.39, 0.29) is 0 Å². The quantitative estimate of drug-likeness (QED) is 0.627. The number of halogens is 3. The number of hydrogen-bond donors (Lipinski definition) is 0. The fraction of sp³-hybridized carbons (Fsp3) is 1.00. The van der Waals surface area contributed by atoms with Gasteiger partial charge in [-0.15, -0.1) is 0 Å². The van der Waals surface area contributed by atoms with Gasteiger partial charge >= 0.3 is 6.98 Å². The minimum Gasteiger partial charge on any atom is -0.448 e. The van der Waals surface area contributed by atoms with Crippen LogP contribution in [0, 0.1) is 11.8 Å². The maximum Gasteiger partial charge on any atom is 0.492 e. The topological polar surface area (TPSA) is 3.24 Å². The van der Waals surface area contributed by atoms with E-state index in [0.29, 0.717) is 24.9 Å². The molecule has 0 aromatic carbocycles. The van der Waals surface area contributed by atoms with Gasteiger partial charge in [0.15, 0.2) is 0 Å². The van der Waals surface area contributed by atoms with Crippen molar-refractivity contribution >= 4 is 6.98 Å². The lowest BCUT2D eigenvalue weighted by Crippen LogP contribution is -2.40.